The second-order valence-corrected chi connectivity index (χ2v) is 6.36. The molecule has 0 aliphatic heterocycles. The van der Waals surface area contributed by atoms with Crippen LogP contribution < -0.4 is 15.4 Å². The van der Waals surface area contributed by atoms with Crippen molar-refractivity contribution in [3.63, 3.8) is 0 Å². The molecular weight excluding hydrogens is 492 g/mol. The van der Waals surface area contributed by atoms with Gasteiger partial charge in [0.15, 0.2) is 12.6 Å². The number of aromatic nitrogens is 1. The molecule has 2 rings (SSSR count). The first kappa shape index (κ1) is 23.5. The van der Waals surface area contributed by atoms with Crippen molar-refractivity contribution in [3.8, 4) is 5.88 Å². The van der Waals surface area contributed by atoms with Crippen molar-refractivity contribution >= 4 is 41.3 Å². The molecule has 0 aliphatic rings. The van der Waals surface area contributed by atoms with Crippen molar-refractivity contribution in [1.82, 2.24) is 15.6 Å². The third kappa shape index (κ3) is 9.27. The summed E-state index contributed by atoms with van der Waals surface area (Å²) < 4.78 is 41.8. The number of hydrogen-bond donors (Lipinski definition) is 2. The first-order chi connectivity index (χ1) is 12.5. The van der Waals surface area contributed by atoms with E-state index in [1.807, 2.05) is 18.4 Å². The molecule has 0 aromatic carbocycles. The lowest BCUT2D eigenvalue weighted by molar-refractivity contribution is -0.154. The van der Waals surface area contributed by atoms with Gasteiger partial charge >= 0.3 is 6.18 Å². The summed E-state index contributed by atoms with van der Waals surface area (Å²) >= 11 is 1.69. The van der Waals surface area contributed by atoms with Crippen LogP contribution in [0.3, 0.4) is 0 Å². The number of alkyl halides is 3. The number of rotatable bonds is 8. The standard InChI is InChI=1S/C17H21F3N4OS.HI/c1-2-21-16(23-9-7-14-6-4-10-26-14)24-11-13-5-3-8-22-15(13)25-12-17(18,19)20;/h3-6,8,10H,2,7,9,11-12H2,1H3,(H2,21,23,24);1H. The van der Waals surface area contributed by atoms with Crippen molar-refractivity contribution < 1.29 is 17.9 Å². The summed E-state index contributed by atoms with van der Waals surface area (Å²) in [7, 11) is 0. The van der Waals surface area contributed by atoms with Crippen LogP contribution in [0.15, 0.2) is 40.8 Å². The van der Waals surface area contributed by atoms with Gasteiger partial charge in [0.05, 0.1) is 6.54 Å². The molecule has 0 bridgehead atoms. The van der Waals surface area contributed by atoms with Crippen LogP contribution in [0, 0.1) is 0 Å². The quantitative estimate of drug-likeness (QED) is 0.318. The van der Waals surface area contributed by atoms with Crippen molar-refractivity contribution in [2.24, 2.45) is 4.99 Å². The van der Waals surface area contributed by atoms with Crippen LogP contribution in [0.5, 0.6) is 5.88 Å². The summed E-state index contributed by atoms with van der Waals surface area (Å²) in [6.45, 7) is 2.11. The molecule has 5 nitrogen and oxygen atoms in total. The highest BCUT2D eigenvalue weighted by Crippen LogP contribution is 2.20. The van der Waals surface area contributed by atoms with E-state index in [0.717, 1.165) is 6.42 Å². The zero-order chi connectivity index (χ0) is 18.8. The van der Waals surface area contributed by atoms with Crippen molar-refractivity contribution in [1.29, 1.82) is 0 Å². The summed E-state index contributed by atoms with van der Waals surface area (Å²) in [4.78, 5) is 9.54. The molecule has 10 heteroatoms. The van der Waals surface area contributed by atoms with E-state index in [1.165, 1.54) is 11.1 Å². The van der Waals surface area contributed by atoms with Gasteiger partial charge in [0.2, 0.25) is 5.88 Å². The van der Waals surface area contributed by atoms with E-state index >= 15 is 0 Å². The van der Waals surface area contributed by atoms with Crippen LogP contribution in [0.1, 0.15) is 17.4 Å². The minimum atomic E-state index is -4.41. The van der Waals surface area contributed by atoms with Gasteiger partial charge < -0.3 is 15.4 Å². The second kappa shape index (κ2) is 12.0. The summed E-state index contributed by atoms with van der Waals surface area (Å²) in [6.07, 6.45) is -2.14. The van der Waals surface area contributed by atoms with E-state index < -0.39 is 12.8 Å². The predicted molar refractivity (Wildman–Crippen MR) is 112 cm³/mol. The first-order valence-corrected chi connectivity index (χ1v) is 9.04. The van der Waals surface area contributed by atoms with Crippen LogP contribution in [0.4, 0.5) is 13.2 Å². The van der Waals surface area contributed by atoms with Gasteiger partial charge in [-0.15, -0.1) is 35.3 Å². The number of aliphatic imine (C=N–C) groups is 1. The molecule has 2 aromatic rings. The molecule has 0 atom stereocenters. The molecule has 27 heavy (non-hydrogen) atoms. The largest absolute Gasteiger partial charge is 0.468 e. The van der Waals surface area contributed by atoms with Gasteiger partial charge in [-0.3, -0.25) is 0 Å². The average Bonchev–Trinajstić information content (AvgIpc) is 3.11. The van der Waals surface area contributed by atoms with E-state index in [1.54, 1.807) is 23.5 Å². The molecule has 0 fully saturated rings. The Labute approximate surface area is 177 Å². The monoisotopic (exact) mass is 514 g/mol. The van der Waals surface area contributed by atoms with Crippen LogP contribution >= 0.6 is 35.3 Å². The fourth-order valence-corrected chi connectivity index (χ4v) is 2.80. The minimum Gasteiger partial charge on any atom is -0.468 e. The molecule has 2 aromatic heterocycles. The SMILES string of the molecule is CCNC(=NCc1cccnc1OCC(F)(F)F)NCCc1cccs1.I. The normalized spacial score (nSPS) is 11.6. The fraction of sp³-hybridized carbons (Fsp3) is 0.412. The Kier molecular flexibility index (Phi) is 10.4. The minimum absolute atomic E-state index is 0. The topological polar surface area (TPSA) is 58.5 Å². The summed E-state index contributed by atoms with van der Waals surface area (Å²) in [5.41, 5.74) is 0.493. The van der Waals surface area contributed by atoms with Crippen molar-refractivity contribution in [2.45, 2.75) is 26.1 Å². The maximum Gasteiger partial charge on any atom is 0.422 e. The zero-order valence-corrected chi connectivity index (χ0v) is 17.9. The molecule has 0 spiro atoms. The molecule has 0 radical (unpaired) electrons. The zero-order valence-electron chi connectivity index (χ0n) is 14.8. The average molecular weight is 514 g/mol. The lowest BCUT2D eigenvalue weighted by Gasteiger charge is -2.13. The summed E-state index contributed by atoms with van der Waals surface area (Å²) in [5, 5.41) is 8.35. The first-order valence-electron chi connectivity index (χ1n) is 8.16. The van der Waals surface area contributed by atoms with E-state index in [9.17, 15) is 13.2 Å². The van der Waals surface area contributed by atoms with Gasteiger partial charge in [-0.2, -0.15) is 13.2 Å². The van der Waals surface area contributed by atoms with Gasteiger partial charge in [-0.05, 0) is 30.9 Å². The van der Waals surface area contributed by atoms with Crippen LogP contribution in [0.25, 0.3) is 0 Å². The molecule has 2 heterocycles. The number of guanidine groups is 1. The molecule has 0 amide bonds. The van der Waals surface area contributed by atoms with E-state index in [0.29, 0.717) is 24.6 Å². The van der Waals surface area contributed by atoms with Gasteiger partial charge in [-0.1, -0.05) is 12.1 Å². The molecule has 0 saturated carbocycles. The number of nitrogens with zero attached hydrogens (tertiary/aromatic N) is 2. The summed E-state index contributed by atoms with van der Waals surface area (Å²) in [5.74, 6) is 0.540. The Bertz CT molecular complexity index is 696. The Morgan fingerprint density at radius 3 is 2.74 bits per heavy atom. The van der Waals surface area contributed by atoms with Gasteiger partial charge in [0, 0.05) is 29.7 Å². The number of hydrogen-bond acceptors (Lipinski definition) is 4. The van der Waals surface area contributed by atoms with Gasteiger partial charge in [0.25, 0.3) is 0 Å². The Morgan fingerprint density at radius 2 is 2.07 bits per heavy atom. The number of ether oxygens (including phenoxy) is 1. The molecule has 150 valence electrons. The molecule has 2 N–H and O–H groups in total. The highest BCUT2D eigenvalue weighted by Gasteiger charge is 2.29. The summed E-state index contributed by atoms with van der Waals surface area (Å²) in [6, 6.07) is 7.36. The highest BCUT2D eigenvalue weighted by molar-refractivity contribution is 14.0. The highest BCUT2D eigenvalue weighted by atomic mass is 127. The third-order valence-electron chi connectivity index (χ3n) is 3.22. The molecular formula is C17H22F3IN4OS. The van der Waals surface area contributed by atoms with E-state index in [4.69, 9.17) is 4.74 Å². The maximum atomic E-state index is 12.3. The Morgan fingerprint density at radius 1 is 1.26 bits per heavy atom. The number of pyridine rings is 1. The number of halogens is 4. The Balaban J connectivity index is 0.00000364. The molecule has 0 aliphatic carbocycles. The van der Waals surface area contributed by atoms with E-state index in [-0.39, 0.29) is 36.4 Å². The fourth-order valence-electron chi connectivity index (χ4n) is 2.09. The molecule has 0 unspecified atom stereocenters. The lowest BCUT2D eigenvalue weighted by atomic mass is 10.3. The predicted octanol–water partition coefficient (Wildman–Crippen LogP) is 4.00. The Hall–Kier alpha value is -1.56. The van der Waals surface area contributed by atoms with Crippen LogP contribution in [-0.2, 0) is 13.0 Å². The lowest BCUT2D eigenvalue weighted by Crippen LogP contribution is -2.38. The number of nitrogens with one attached hydrogen (secondary N) is 2. The number of thiophene rings is 1. The smallest absolute Gasteiger partial charge is 0.422 e. The maximum absolute atomic E-state index is 12.3. The molecule has 0 saturated heterocycles. The van der Waals surface area contributed by atoms with Crippen LogP contribution in [-0.4, -0.2) is 36.8 Å². The van der Waals surface area contributed by atoms with Crippen molar-refractivity contribution in [2.75, 3.05) is 19.7 Å². The van der Waals surface area contributed by atoms with Gasteiger partial charge in [0.1, 0.15) is 0 Å². The third-order valence-corrected chi connectivity index (χ3v) is 4.15. The second-order valence-electron chi connectivity index (χ2n) is 5.32. The van der Waals surface area contributed by atoms with Gasteiger partial charge in [-0.25, -0.2) is 9.98 Å². The van der Waals surface area contributed by atoms with Crippen molar-refractivity contribution in [3.05, 3.63) is 46.3 Å². The van der Waals surface area contributed by atoms with Crippen LogP contribution in [0.2, 0.25) is 0 Å². The van der Waals surface area contributed by atoms with E-state index in [2.05, 4.69) is 26.7 Å².